The molecular formula is C26H34F3N3O5S. The molecule has 0 aromatic heterocycles. The Bertz CT molecular complexity index is 1270. The summed E-state index contributed by atoms with van der Waals surface area (Å²) in [6.45, 7) is 6.34. The van der Waals surface area contributed by atoms with Crippen molar-refractivity contribution in [2.45, 2.75) is 75.8 Å². The lowest BCUT2D eigenvalue weighted by atomic mass is 9.97. The molecule has 8 nitrogen and oxygen atoms in total. The Labute approximate surface area is 220 Å². The van der Waals surface area contributed by atoms with Gasteiger partial charge in [-0.1, -0.05) is 58.0 Å². The minimum Gasteiger partial charge on any atom is -0.382 e. The number of fused-ring (bicyclic) bond motifs is 1. The van der Waals surface area contributed by atoms with Crippen LogP contribution >= 0.6 is 0 Å². The van der Waals surface area contributed by atoms with Gasteiger partial charge in [0, 0.05) is 6.54 Å². The predicted octanol–water partition coefficient (Wildman–Crippen LogP) is 3.20. The van der Waals surface area contributed by atoms with Gasteiger partial charge < -0.3 is 15.3 Å². The lowest BCUT2D eigenvalue weighted by Gasteiger charge is -2.33. The minimum atomic E-state index is -4.93. The van der Waals surface area contributed by atoms with Crippen molar-refractivity contribution in [2.24, 2.45) is 11.8 Å². The van der Waals surface area contributed by atoms with Crippen LogP contribution in [0.5, 0.6) is 0 Å². The average Bonchev–Trinajstić information content (AvgIpc) is 3.34. The molecule has 0 saturated carbocycles. The van der Waals surface area contributed by atoms with Gasteiger partial charge in [0.25, 0.3) is 0 Å². The largest absolute Gasteiger partial charge is 0.416 e. The number of aliphatic hydroxyl groups excluding tert-OH is 1. The highest BCUT2D eigenvalue weighted by Gasteiger charge is 2.47. The van der Waals surface area contributed by atoms with Crippen molar-refractivity contribution >= 4 is 32.6 Å². The standard InChI is InChI=1S/C26H34F3N3O5S/c1-15(2)21(23(33)26(27,28)29)30-24(34)20-10-7-13-32(20)25(35)22(16(3)4)31-38(36,37)19-12-11-17-8-5-6-9-18(17)14-19/h5-6,8-9,11-12,14-16,20-23,31,33H,7,10,13H2,1-4H3,(H,30,34)/t20-,21?,22-,23?/m0/s1. The highest BCUT2D eigenvalue weighted by molar-refractivity contribution is 7.89. The first kappa shape index (κ1) is 29.9. The summed E-state index contributed by atoms with van der Waals surface area (Å²) in [4.78, 5) is 27.7. The van der Waals surface area contributed by atoms with Gasteiger partial charge >= 0.3 is 6.18 Å². The second-order valence-corrected chi connectivity index (χ2v) is 12.0. The molecule has 1 aliphatic heterocycles. The molecule has 1 saturated heterocycles. The maximum absolute atomic E-state index is 13.5. The Morgan fingerprint density at radius 2 is 1.66 bits per heavy atom. The van der Waals surface area contributed by atoms with Gasteiger partial charge in [-0.25, -0.2) is 8.42 Å². The SMILES string of the molecule is CC(C)C(NC(=O)[C@@H]1CCCN1C(=O)[C@@H](NS(=O)(=O)c1ccc2ccccc2c1)C(C)C)C(O)C(F)(F)F. The van der Waals surface area contributed by atoms with E-state index in [9.17, 15) is 36.3 Å². The number of carbonyl (C=O) groups is 2. The molecule has 3 N–H and O–H groups in total. The number of amides is 2. The van der Waals surface area contributed by atoms with Crippen LogP contribution in [0.3, 0.4) is 0 Å². The van der Waals surface area contributed by atoms with Crippen LogP contribution in [0.1, 0.15) is 40.5 Å². The van der Waals surface area contributed by atoms with Gasteiger partial charge in [0.05, 0.1) is 10.9 Å². The first-order valence-corrected chi connectivity index (χ1v) is 14.0. The summed E-state index contributed by atoms with van der Waals surface area (Å²) in [6.07, 6.45) is -7.08. The maximum atomic E-state index is 13.5. The Balaban J connectivity index is 1.81. The number of hydrogen-bond acceptors (Lipinski definition) is 5. The summed E-state index contributed by atoms with van der Waals surface area (Å²) in [5, 5.41) is 13.6. The molecule has 12 heteroatoms. The highest BCUT2D eigenvalue weighted by atomic mass is 32.2. The fraction of sp³-hybridized carbons (Fsp3) is 0.538. The van der Waals surface area contributed by atoms with E-state index in [1.54, 1.807) is 32.0 Å². The zero-order chi connectivity index (χ0) is 28.4. The monoisotopic (exact) mass is 557 g/mol. The van der Waals surface area contributed by atoms with Crippen LogP contribution in [0, 0.1) is 11.8 Å². The van der Waals surface area contributed by atoms with Crippen molar-refractivity contribution in [3.05, 3.63) is 42.5 Å². The van der Waals surface area contributed by atoms with Crippen molar-refractivity contribution in [3.8, 4) is 0 Å². The van der Waals surface area contributed by atoms with Crippen molar-refractivity contribution in [1.29, 1.82) is 0 Å². The molecule has 1 aliphatic rings. The van der Waals surface area contributed by atoms with Gasteiger partial charge in [0.2, 0.25) is 21.8 Å². The normalized spacial score (nSPS) is 19.1. The van der Waals surface area contributed by atoms with E-state index in [0.717, 1.165) is 5.39 Å². The van der Waals surface area contributed by atoms with E-state index >= 15 is 0 Å². The molecular weight excluding hydrogens is 523 g/mol. The Kier molecular flexibility index (Phi) is 9.10. The maximum Gasteiger partial charge on any atom is 0.416 e. The summed E-state index contributed by atoms with van der Waals surface area (Å²) in [7, 11) is -4.12. The molecule has 2 aromatic carbocycles. The van der Waals surface area contributed by atoms with E-state index in [-0.39, 0.29) is 17.9 Å². The number of nitrogens with one attached hydrogen (secondary N) is 2. The van der Waals surface area contributed by atoms with E-state index in [4.69, 9.17) is 0 Å². The van der Waals surface area contributed by atoms with Gasteiger partial charge in [0.1, 0.15) is 12.1 Å². The van der Waals surface area contributed by atoms with Gasteiger partial charge in [-0.3, -0.25) is 9.59 Å². The predicted molar refractivity (Wildman–Crippen MR) is 136 cm³/mol. The molecule has 0 bridgehead atoms. The number of alkyl halides is 3. The Morgan fingerprint density at radius 3 is 2.24 bits per heavy atom. The third-order valence-corrected chi connectivity index (χ3v) is 8.23. The molecule has 1 heterocycles. The molecule has 210 valence electrons. The van der Waals surface area contributed by atoms with Gasteiger partial charge in [-0.05, 0) is 47.6 Å². The van der Waals surface area contributed by atoms with Crippen LogP contribution in [-0.2, 0) is 19.6 Å². The number of aliphatic hydroxyl groups is 1. The summed E-state index contributed by atoms with van der Waals surface area (Å²) >= 11 is 0. The number of likely N-dealkylation sites (tertiary alicyclic amines) is 1. The van der Waals surface area contributed by atoms with E-state index in [1.807, 2.05) is 12.1 Å². The Hall–Kier alpha value is -2.70. The molecule has 4 atom stereocenters. The number of sulfonamides is 1. The zero-order valence-electron chi connectivity index (χ0n) is 21.7. The number of carbonyl (C=O) groups excluding carboxylic acids is 2. The third-order valence-electron chi connectivity index (χ3n) is 6.79. The lowest BCUT2D eigenvalue weighted by Crippen LogP contribution is -2.59. The average molecular weight is 558 g/mol. The quantitative estimate of drug-likeness (QED) is 0.438. The van der Waals surface area contributed by atoms with E-state index in [0.29, 0.717) is 11.8 Å². The molecule has 0 aliphatic carbocycles. The van der Waals surface area contributed by atoms with Gasteiger partial charge in [0.15, 0.2) is 6.10 Å². The van der Waals surface area contributed by atoms with Crippen molar-refractivity contribution in [2.75, 3.05) is 6.54 Å². The van der Waals surface area contributed by atoms with E-state index in [1.165, 1.54) is 30.9 Å². The van der Waals surface area contributed by atoms with Gasteiger partial charge in [-0.2, -0.15) is 17.9 Å². The third kappa shape index (κ3) is 6.65. The van der Waals surface area contributed by atoms with Crippen LogP contribution in [0.4, 0.5) is 13.2 Å². The lowest BCUT2D eigenvalue weighted by molar-refractivity contribution is -0.215. The number of rotatable bonds is 9. The van der Waals surface area contributed by atoms with Crippen LogP contribution in [0.15, 0.2) is 47.4 Å². The van der Waals surface area contributed by atoms with Crippen LogP contribution in [0.25, 0.3) is 10.8 Å². The number of hydrogen-bond donors (Lipinski definition) is 3. The summed E-state index contributed by atoms with van der Waals surface area (Å²) < 4.78 is 68.3. The second-order valence-electron chi connectivity index (χ2n) is 10.3. The highest BCUT2D eigenvalue weighted by Crippen LogP contribution is 2.27. The van der Waals surface area contributed by atoms with Crippen LogP contribution < -0.4 is 10.0 Å². The van der Waals surface area contributed by atoms with E-state index in [2.05, 4.69) is 10.0 Å². The molecule has 0 spiro atoms. The first-order valence-electron chi connectivity index (χ1n) is 12.5. The molecule has 2 aromatic rings. The second kappa shape index (κ2) is 11.6. The summed E-state index contributed by atoms with van der Waals surface area (Å²) in [5.41, 5.74) is 0. The molecule has 1 fully saturated rings. The minimum absolute atomic E-state index is 0.0220. The van der Waals surface area contributed by atoms with Gasteiger partial charge in [-0.15, -0.1) is 0 Å². The fourth-order valence-electron chi connectivity index (χ4n) is 4.60. The van der Waals surface area contributed by atoms with Crippen LogP contribution in [0.2, 0.25) is 0 Å². The molecule has 0 radical (unpaired) electrons. The molecule has 2 amide bonds. The first-order chi connectivity index (χ1) is 17.6. The number of nitrogens with zero attached hydrogens (tertiary/aromatic N) is 1. The Morgan fingerprint density at radius 1 is 1.03 bits per heavy atom. The smallest absolute Gasteiger partial charge is 0.382 e. The van der Waals surface area contributed by atoms with E-state index < -0.39 is 64.1 Å². The van der Waals surface area contributed by atoms with Crippen molar-refractivity contribution < 1.29 is 36.3 Å². The molecule has 38 heavy (non-hydrogen) atoms. The number of halogens is 3. The number of benzene rings is 2. The molecule has 3 rings (SSSR count). The fourth-order valence-corrected chi connectivity index (χ4v) is 5.97. The van der Waals surface area contributed by atoms with Crippen molar-refractivity contribution in [3.63, 3.8) is 0 Å². The summed E-state index contributed by atoms with van der Waals surface area (Å²) in [6, 6.07) is 7.94. The topological polar surface area (TPSA) is 116 Å². The van der Waals surface area contributed by atoms with Crippen molar-refractivity contribution in [1.82, 2.24) is 14.9 Å². The molecule has 2 unspecified atom stereocenters. The zero-order valence-corrected chi connectivity index (χ0v) is 22.5. The summed E-state index contributed by atoms with van der Waals surface area (Å²) in [5.74, 6) is -2.69. The van der Waals surface area contributed by atoms with Crippen LogP contribution in [-0.4, -0.2) is 67.2 Å².